The standard InChI is InChI=1S/C8H9N.2C2H6/c1-7-3-5-8(9-2)6-4-7;2*1-2/h3-6H,2H2,1H3;2*1-2H3. The maximum Gasteiger partial charge on any atom is 0.0622 e. The van der Waals surface area contributed by atoms with Gasteiger partial charge in [0.1, 0.15) is 0 Å². The summed E-state index contributed by atoms with van der Waals surface area (Å²) in [6.45, 7) is 13.5. The maximum absolute atomic E-state index is 3.76. The van der Waals surface area contributed by atoms with Gasteiger partial charge in [0.05, 0.1) is 5.69 Å². The summed E-state index contributed by atoms with van der Waals surface area (Å²) in [5, 5.41) is 0. The van der Waals surface area contributed by atoms with Crippen LogP contribution in [0.3, 0.4) is 0 Å². The van der Waals surface area contributed by atoms with Gasteiger partial charge in [-0.3, -0.25) is 4.99 Å². The van der Waals surface area contributed by atoms with Crippen LogP contribution in [0.25, 0.3) is 0 Å². The minimum atomic E-state index is 0.931. The summed E-state index contributed by atoms with van der Waals surface area (Å²) in [4.78, 5) is 3.76. The molecular weight excluding hydrogens is 158 g/mol. The molecule has 0 aliphatic carbocycles. The highest BCUT2D eigenvalue weighted by Crippen LogP contribution is 2.10. The number of aliphatic imine (C=N–C) groups is 1. The second-order valence-corrected chi connectivity index (χ2v) is 1.99. The van der Waals surface area contributed by atoms with Crippen LogP contribution in [0.15, 0.2) is 29.3 Å². The number of hydrogen-bond donors (Lipinski definition) is 0. The van der Waals surface area contributed by atoms with E-state index in [-0.39, 0.29) is 0 Å². The Hall–Kier alpha value is -1.11. The van der Waals surface area contributed by atoms with E-state index in [1.807, 2.05) is 58.9 Å². The summed E-state index contributed by atoms with van der Waals surface area (Å²) in [6.07, 6.45) is 0. The van der Waals surface area contributed by atoms with E-state index in [9.17, 15) is 0 Å². The third kappa shape index (κ3) is 7.26. The molecule has 0 bridgehead atoms. The molecule has 0 atom stereocenters. The van der Waals surface area contributed by atoms with E-state index in [4.69, 9.17) is 0 Å². The largest absolute Gasteiger partial charge is 0.265 e. The molecule has 0 heterocycles. The number of nitrogens with zero attached hydrogens (tertiary/aromatic N) is 1. The van der Waals surface area contributed by atoms with Crippen molar-refractivity contribution in [3.63, 3.8) is 0 Å². The van der Waals surface area contributed by atoms with Crippen molar-refractivity contribution in [1.29, 1.82) is 0 Å². The van der Waals surface area contributed by atoms with Crippen LogP contribution in [0.1, 0.15) is 33.3 Å². The molecule has 1 nitrogen and oxygen atoms in total. The van der Waals surface area contributed by atoms with Gasteiger partial charge in [-0.15, -0.1) is 0 Å². The van der Waals surface area contributed by atoms with Gasteiger partial charge in [0.2, 0.25) is 0 Å². The lowest BCUT2D eigenvalue weighted by atomic mass is 10.2. The number of rotatable bonds is 1. The highest BCUT2D eigenvalue weighted by atomic mass is 14.7. The van der Waals surface area contributed by atoms with Crippen molar-refractivity contribution in [1.82, 2.24) is 0 Å². The van der Waals surface area contributed by atoms with Crippen LogP contribution in [0, 0.1) is 6.92 Å². The molecule has 0 aromatic heterocycles. The lowest BCUT2D eigenvalue weighted by Crippen LogP contribution is -1.66. The molecule has 0 saturated heterocycles. The predicted octanol–water partition coefficient (Wildman–Crippen LogP) is 4.38. The average Bonchev–Trinajstić information content (AvgIpc) is 2.25. The van der Waals surface area contributed by atoms with Crippen LogP contribution in [0.4, 0.5) is 5.69 Å². The summed E-state index contributed by atoms with van der Waals surface area (Å²) in [6, 6.07) is 7.93. The number of aryl methyl sites for hydroxylation is 1. The Labute approximate surface area is 82.5 Å². The molecule has 13 heavy (non-hydrogen) atoms. The van der Waals surface area contributed by atoms with E-state index < -0.39 is 0 Å². The molecule has 0 unspecified atom stereocenters. The van der Waals surface area contributed by atoms with Crippen molar-refractivity contribution in [2.75, 3.05) is 0 Å². The molecular formula is C12H21N. The van der Waals surface area contributed by atoms with E-state index in [0.717, 1.165) is 5.69 Å². The van der Waals surface area contributed by atoms with Gasteiger partial charge in [0.15, 0.2) is 0 Å². The fraction of sp³-hybridized carbons (Fsp3) is 0.417. The first-order valence-corrected chi connectivity index (χ1v) is 4.86. The second-order valence-electron chi connectivity index (χ2n) is 1.99. The molecule has 1 aromatic rings. The van der Waals surface area contributed by atoms with Crippen LogP contribution >= 0.6 is 0 Å². The first-order valence-electron chi connectivity index (χ1n) is 4.86. The average molecular weight is 179 g/mol. The smallest absolute Gasteiger partial charge is 0.0622 e. The Kier molecular flexibility index (Phi) is 12.1. The SMILES string of the molecule is C=Nc1ccc(C)cc1.CC.CC. The third-order valence-electron chi connectivity index (χ3n) is 1.22. The Morgan fingerprint density at radius 3 is 1.62 bits per heavy atom. The van der Waals surface area contributed by atoms with Gasteiger partial charge in [-0.05, 0) is 25.8 Å². The molecule has 0 fully saturated rings. The van der Waals surface area contributed by atoms with E-state index in [0.29, 0.717) is 0 Å². The first kappa shape index (κ1) is 14.4. The van der Waals surface area contributed by atoms with E-state index >= 15 is 0 Å². The minimum Gasteiger partial charge on any atom is -0.265 e. The number of benzene rings is 1. The van der Waals surface area contributed by atoms with Crippen LogP contribution in [-0.4, -0.2) is 6.72 Å². The van der Waals surface area contributed by atoms with Gasteiger partial charge in [-0.25, -0.2) is 0 Å². The van der Waals surface area contributed by atoms with Crippen molar-refractivity contribution >= 4 is 12.4 Å². The van der Waals surface area contributed by atoms with Crippen molar-refractivity contribution in [2.45, 2.75) is 34.6 Å². The Morgan fingerprint density at radius 2 is 1.31 bits per heavy atom. The lowest BCUT2D eigenvalue weighted by Gasteiger charge is -1.90. The molecule has 0 aliphatic rings. The van der Waals surface area contributed by atoms with Crippen molar-refractivity contribution in [3.8, 4) is 0 Å². The summed E-state index contributed by atoms with van der Waals surface area (Å²) < 4.78 is 0. The van der Waals surface area contributed by atoms with Crippen LogP contribution in [0.2, 0.25) is 0 Å². The minimum absolute atomic E-state index is 0.931. The van der Waals surface area contributed by atoms with Gasteiger partial charge in [-0.2, -0.15) is 0 Å². The predicted molar refractivity (Wildman–Crippen MR) is 63.1 cm³/mol. The zero-order chi connectivity index (χ0) is 10.7. The monoisotopic (exact) mass is 179 g/mol. The number of hydrogen-bond acceptors (Lipinski definition) is 1. The van der Waals surface area contributed by atoms with Crippen LogP contribution in [0.5, 0.6) is 0 Å². The third-order valence-corrected chi connectivity index (χ3v) is 1.22. The van der Waals surface area contributed by atoms with Crippen LogP contribution in [-0.2, 0) is 0 Å². The molecule has 74 valence electrons. The molecule has 0 amide bonds. The highest BCUT2D eigenvalue weighted by molar-refractivity contribution is 5.45. The fourth-order valence-corrected chi connectivity index (χ4v) is 0.650. The second kappa shape index (κ2) is 10.9. The van der Waals surface area contributed by atoms with Gasteiger partial charge in [-0.1, -0.05) is 45.4 Å². The molecule has 0 N–H and O–H groups in total. The van der Waals surface area contributed by atoms with Crippen LogP contribution < -0.4 is 0 Å². The van der Waals surface area contributed by atoms with Crippen molar-refractivity contribution < 1.29 is 0 Å². The summed E-state index contributed by atoms with van der Waals surface area (Å²) in [7, 11) is 0. The molecule has 0 aliphatic heterocycles. The zero-order valence-corrected chi connectivity index (χ0v) is 9.46. The maximum atomic E-state index is 3.76. The Bertz CT molecular complexity index is 199. The van der Waals surface area contributed by atoms with Crippen molar-refractivity contribution in [3.05, 3.63) is 29.8 Å². The Balaban J connectivity index is 0. The highest BCUT2D eigenvalue weighted by Gasteiger charge is 1.83. The summed E-state index contributed by atoms with van der Waals surface area (Å²) in [5.74, 6) is 0. The van der Waals surface area contributed by atoms with Gasteiger partial charge in [0.25, 0.3) is 0 Å². The Morgan fingerprint density at radius 1 is 0.923 bits per heavy atom. The zero-order valence-electron chi connectivity index (χ0n) is 9.46. The molecule has 0 spiro atoms. The summed E-state index contributed by atoms with van der Waals surface area (Å²) in [5.41, 5.74) is 2.18. The van der Waals surface area contributed by atoms with Crippen molar-refractivity contribution in [2.24, 2.45) is 4.99 Å². The van der Waals surface area contributed by atoms with E-state index in [1.165, 1.54) is 5.56 Å². The topological polar surface area (TPSA) is 12.4 Å². The molecule has 1 rings (SSSR count). The van der Waals surface area contributed by atoms with Gasteiger partial charge < -0.3 is 0 Å². The molecule has 0 saturated carbocycles. The van der Waals surface area contributed by atoms with Gasteiger partial charge in [0, 0.05) is 0 Å². The normalized spacial score (nSPS) is 7.15. The molecule has 1 heteroatoms. The fourth-order valence-electron chi connectivity index (χ4n) is 0.650. The van der Waals surface area contributed by atoms with E-state index in [2.05, 4.69) is 11.7 Å². The lowest BCUT2D eigenvalue weighted by molar-refractivity contribution is 1.44. The first-order chi connectivity index (χ1) is 6.33. The molecule has 0 radical (unpaired) electrons. The quantitative estimate of drug-likeness (QED) is 0.567. The van der Waals surface area contributed by atoms with Gasteiger partial charge >= 0.3 is 0 Å². The summed E-state index contributed by atoms with van der Waals surface area (Å²) >= 11 is 0. The van der Waals surface area contributed by atoms with E-state index in [1.54, 1.807) is 0 Å². The molecule has 1 aromatic carbocycles.